The van der Waals surface area contributed by atoms with E-state index in [-0.39, 0.29) is 54.6 Å². The number of hydroxylamine groups is 4. The summed E-state index contributed by atoms with van der Waals surface area (Å²) in [5.74, 6) is -2.46. The minimum Gasteiger partial charge on any atom is -0.465 e. The van der Waals surface area contributed by atoms with Gasteiger partial charge in [0.25, 0.3) is 0 Å². The number of rotatable bonds is 33. The minimum atomic E-state index is -1.04. The molecule has 0 aromatic carbocycles. The van der Waals surface area contributed by atoms with Crippen LogP contribution in [-0.2, 0) is 47.7 Å². The Kier molecular flexibility index (Phi) is 25.1. The van der Waals surface area contributed by atoms with Gasteiger partial charge in [0, 0.05) is 54.3 Å². The van der Waals surface area contributed by atoms with E-state index in [1.165, 1.54) is 103 Å². The Bertz CT molecular complexity index is 1490. The zero-order chi connectivity index (χ0) is 52.3. The maximum absolute atomic E-state index is 13.0. The number of hydrogen-bond donors (Lipinski definition) is 1. The van der Waals surface area contributed by atoms with Gasteiger partial charge in [0.1, 0.15) is 13.2 Å². The van der Waals surface area contributed by atoms with Crippen LogP contribution in [0.4, 0.5) is 0 Å². The van der Waals surface area contributed by atoms with Crippen LogP contribution in [0.3, 0.4) is 0 Å². The van der Waals surface area contributed by atoms with Crippen molar-refractivity contribution in [2.75, 3.05) is 52.9 Å². The summed E-state index contributed by atoms with van der Waals surface area (Å²) in [5.41, 5.74) is -2.26. The third-order valence-electron chi connectivity index (χ3n) is 16.2. The molecule has 13 heteroatoms. The van der Waals surface area contributed by atoms with Crippen LogP contribution in [-0.4, -0.2) is 120 Å². The molecule has 0 aromatic heterocycles. The number of esters is 2. The van der Waals surface area contributed by atoms with Crippen molar-refractivity contribution in [1.29, 1.82) is 0 Å². The first-order valence-electron chi connectivity index (χ1n) is 29.0. The van der Waals surface area contributed by atoms with Crippen LogP contribution >= 0.6 is 0 Å². The maximum Gasteiger partial charge on any atom is 0.308 e. The van der Waals surface area contributed by atoms with Crippen LogP contribution in [0.2, 0.25) is 0 Å². The zero-order valence-corrected chi connectivity index (χ0v) is 47.8. The molecular formula is C58H108N2O11. The summed E-state index contributed by atoms with van der Waals surface area (Å²) in [5, 5.41) is 15.2. The number of unbranched alkanes of at least 4 members (excludes halogenated alkanes) is 16. The van der Waals surface area contributed by atoms with Gasteiger partial charge in [-0.3, -0.25) is 19.3 Å². The highest BCUT2D eigenvalue weighted by molar-refractivity contribution is 5.71. The van der Waals surface area contributed by atoms with Crippen molar-refractivity contribution in [1.82, 2.24) is 10.1 Å². The van der Waals surface area contributed by atoms with Crippen molar-refractivity contribution < 1.29 is 52.8 Å². The SMILES string of the molecule is CCCCCCCCCCCON1C(C)(C)CC2(CC1(C)C)OCC(CC)(COC(=O)CCC(O)CC(=O)OCC1(CC)COC3(CC(C)(C)N(OCCCCCCCCCCC)C(C)(C)C3)OC1)CO2. The third kappa shape index (κ3) is 19.3. The Morgan fingerprint density at radius 3 is 1.11 bits per heavy atom. The molecule has 2 spiro atoms. The van der Waals surface area contributed by atoms with E-state index in [2.05, 4.69) is 93.2 Å². The smallest absolute Gasteiger partial charge is 0.308 e. The van der Waals surface area contributed by atoms with Crippen molar-refractivity contribution in [3.05, 3.63) is 0 Å². The average molecular weight is 1010 g/mol. The normalized spacial score (nSPS) is 23.4. The number of aliphatic hydroxyl groups is 1. The van der Waals surface area contributed by atoms with Crippen molar-refractivity contribution in [3.8, 4) is 0 Å². The summed E-state index contributed by atoms with van der Waals surface area (Å²) in [6.07, 6.45) is 25.9. The van der Waals surface area contributed by atoms with Crippen LogP contribution in [0.1, 0.15) is 256 Å². The molecule has 0 bridgehead atoms. The fraction of sp³-hybridized carbons (Fsp3) is 0.966. The molecule has 1 atom stereocenters. The van der Waals surface area contributed by atoms with Gasteiger partial charge >= 0.3 is 11.9 Å². The van der Waals surface area contributed by atoms with E-state index in [0.29, 0.717) is 78.2 Å². The Hall–Kier alpha value is -1.42. The highest BCUT2D eigenvalue weighted by Crippen LogP contribution is 2.51. The van der Waals surface area contributed by atoms with Crippen LogP contribution < -0.4 is 0 Å². The number of carbonyl (C=O) groups excluding carboxylic acids is 2. The van der Waals surface area contributed by atoms with Crippen molar-refractivity contribution in [2.24, 2.45) is 10.8 Å². The summed E-state index contributed by atoms with van der Waals surface area (Å²) in [6.45, 7) is 29.6. The van der Waals surface area contributed by atoms with E-state index in [1.807, 2.05) is 0 Å². The molecule has 4 rings (SSSR count). The van der Waals surface area contributed by atoms with Gasteiger partial charge in [0.2, 0.25) is 0 Å². The fourth-order valence-corrected chi connectivity index (χ4v) is 12.2. The number of carbonyl (C=O) groups is 2. The van der Waals surface area contributed by atoms with Crippen LogP contribution in [0, 0.1) is 10.8 Å². The lowest BCUT2D eigenvalue weighted by atomic mass is 9.76. The molecule has 0 radical (unpaired) electrons. The standard InChI is InChI=1S/C58H108N2O11/c1-13-17-19-21-23-25-27-29-31-35-70-59-51(5,6)38-57(39-52(59,7)8)66-44-55(15-3,45-67-57)42-64-49(62)34-33-48(61)37-50(63)65-43-56(16-4)46-68-58(69-47-56)40-53(9,10)60(54(11,12)41-58)71-36-32-30-28-26-24-22-20-18-14-2/h48,61H,13-47H2,1-12H3. The quantitative estimate of drug-likeness (QED) is 0.0494. The summed E-state index contributed by atoms with van der Waals surface area (Å²) in [4.78, 5) is 39.1. The number of nitrogens with zero attached hydrogens (tertiary/aromatic N) is 2. The second kappa shape index (κ2) is 28.6. The Morgan fingerprint density at radius 2 is 0.789 bits per heavy atom. The predicted molar refractivity (Wildman–Crippen MR) is 281 cm³/mol. The van der Waals surface area contributed by atoms with E-state index < -0.39 is 40.4 Å². The summed E-state index contributed by atoms with van der Waals surface area (Å²) in [6, 6.07) is 0. The molecule has 0 aliphatic carbocycles. The Labute approximate surface area is 433 Å². The molecule has 416 valence electrons. The van der Waals surface area contributed by atoms with Crippen molar-refractivity contribution in [3.63, 3.8) is 0 Å². The topological polar surface area (TPSA) is 135 Å². The maximum atomic E-state index is 13.0. The molecule has 0 aromatic rings. The number of aliphatic hydroxyl groups excluding tert-OH is 1. The van der Waals surface area contributed by atoms with E-state index in [0.717, 1.165) is 12.8 Å². The molecule has 1 N–H and O–H groups in total. The lowest BCUT2D eigenvalue weighted by Crippen LogP contribution is -2.68. The number of piperidine rings is 2. The van der Waals surface area contributed by atoms with Gasteiger partial charge in [0.05, 0.1) is 63.0 Å². The Balaban J connectivity index is 1.13. The second-order valence-electron chi connectivity index (χ2n) is 25.3. The van der Waals surface area contributed by atoms with E-state index in [1.54, 1.807) is 0 Å². The highest BCUT2D eigenvalue weighted by Gasteiger charge is 2.59. The van der Waals surface area contributed by atoms with Gasteiger partial charge in [-0.25, -0.2) is 0 Å². The number of hydrogen-bond acceptors (Lipinski definition) is 13. The van der Waals surface area contributed by atoms with Gasteiger partial charge in [0.15, 0.2) is 11.6 Å². The van der Waals surface area contributed by atoms with Crippen LogP contribution in [0.5, 0.6) is 0 Å². The van der Waals surface area contributed by atoms with Crippen LogP contribution in [0.15, 0.2) is 0 Å². The summed E-state index contributed by atoms with van der Waals surface area (Å²) in [7, 11) is 0. The highest BCUT2D eigenvalue weighted by atomic mass is 16.7. The van der Waals surface area contributed by atoms with Gasteiger partial charge in [-0.15, -0.1) is 0 Å². The first kappa shape index (κ1) is 62.1. The van der Waals surface area contributed by atoms with Crippen molar-refractivity contribution >= 4 is 11.9 Å². The molecular weight excluding hydrogens is 901 g/mol. The number of ether oxygens (including phenoxy) is 6. The third-order valence-corrected chi connectivity index (χ3v) is 16.2. The lowest BCUT2D eigenvalue weighted by molar-refractivity contribution is -0.384. The van der Waals surface area contributed by atoms with E-state index in [4.69, 9.17) is 38.1 Å². The largest absolute Gasteiger partial charge is 0.465 e. The molecule has 4 aliphatic rings. The van der Waals surface area contributed by atoms with Gasteiger partial charge in [-0.1, -0.05) is 130 Å². The average Bonchev–Trinajstić information content (AvgIpc) is 3.30. The van der Waals surface area contributed by atoms with Crippen molar-refractivity contribution in [2.45, 2.75) is 296 Å². The molecule has 4 fully saturated rings. The molecule has 4 saturated heterocycles. The molecule has 13 nitrogen and oxygen atoms in total. The van der Waals surface area contributed by atoms with E-state index in [9.17, 15) is 14.7 Å². The molecule has 4 aliphatic heterocycles. The van der Waals surface area contributed by atoms with Gasteiger partial charge < -0.3 is 33.5 Å². The Morgan fingerprint density at radius 1 is 0.479 bits per heavy atom. The minimum absolute atomic E-state index is 0.0196. The first-order chi connectivity index (χ1) is 33.6. The van der Waals surface area contributed by atoms with Gasteiger partial charge in [-0.05, 0) is 87.5 Å². The lowest BCUT2D eigenvalue weighted by Gasteiger charge is -2.59. The summed E-state index contributed by atoms with van der Waals surface area (Å²) < 4.78 is 38.2. The fourth-order valence-electron chi connectivity index (χ4n) is 12.2. The monoisotopic (exact) mass is 1010 g/mol. The first-order valence-corrected chi connectivity index (χ1v) is 29.0. The van der Waals surface area contributed by atoms with Gasteiger partial charge in [-0.2, -0.15) is 10.1 Å². The predicted octanol–water partition coefficient (Wildman–Crippen LogP) is 13.1. The second-order valence-corrected chi connectivity index (χ2v) is 25.3. The summed E-state index contributed by atoms with van der Waals surface area (Å²) >= 11 is 0. The molecule has 71 heavy (non-hydrogen) atoms. The molecule has 4 heterocycles. The van der Waals surface area contributed by atoms with E-state index >= 15 is 0 Å². The molecule has 0 amide bonds. The zero-order valence-electron chi connectivity index (χ0n) is 47.8. The molecule has 0 saturated carbocycles. The molecule has 1 unspecified atom stereocenters. The van der Waals surface area contributed by atoms with Crippen LogP contribution in [0.25, 0.3) is 0 Å².